The maximum atomic E-state index is 5.68. The second-order valence-corrected chi connectivity index (χ2v) is 6.86. The molecular formula is C14H28N2OS. The van der Waals surface area contributed by atoms with Crippen LogP contribution in [0.2, 0.25) is 0 Å². The van der Waals surface area contributed by atoms with Crippen LogP contribution in [0.25, 0.3) is 0 Å². The largest absolute Gasteiger partial charge is 0.381 e. The fourth-order valence-corrected chi connectivity index (χ4v) is 4.28. The molecule has 2 saturated heterocycles. The van der Waals surface area contributed by atoms with Crippen LogP contribution in [-0.4, -0.2) is 61.3 Å². The molecule has 106 valence electrons. The van der Waals surface area contributed by atoms with E-state index in [4.69, 9.17) is 4.74 Å². The van der Waals surface area contributed by atoms with Gasteiger partial charge in [-0.2, -0.15) is 11.8 Å². The molecule has 0 aromatic rings. The molecule has 0 aliphatic carbocycles. The van der Waals surface area contributed by atoms with Gasteiger partial charge in [0, 0.05) is 49.2 Å². The Labute approximate surface area is 116 Å². The van der Waals surface area contributed by atoms with E-state index in [2.05, 4.69) is 35.8 Å². The van der Waals surface area contributed by atoms with Crippen LogP contribution < -0.4 is 5.32 Å². The van der Waals surface area contributed by atoms with Crippen molar-refractivity contribution in [3.63, 3.8) is 0 Å². The van der Waals surface area contributed by atoms with Crippen LogP contribution in [0.5, 0.6) is 0 Å². The van der Waals surface area contributed by atoms with Gasteiger partial charge < -0.3 is 15.0 Å². The molecule has 0 amide bonds. The molecular weight excluding hydrogens is 244 g/mol. The molecule has 2 aliphatic heterocycles. The SMILES string of the molecule is CCNC1CCOCC1CN1CCSC(CC)C1. The molecule has 3 atom stereocenters. The smallest absolute Gasteiger partial charge is 0.0521 e. The van der Waals surface area contributed by atoms with Gasteiger partial charge in [0.1, 0.15) is 0 Å². The average molecular weight is 272 g/mol. The summed E-state index contributed by atoms with van der Waals surface area (Å²) in [6.07, 6.45) is 2.48. The topological polar surface area (TPSA) is 24.5 Å². The van der Waals surface area contributed by atoms with Gasteiger partial charge in [-0.3, -0.25) is 0 Å². The van der Waals surface area contributed by atoms with Crippen molar-refractivity contribution in [2.75, 3.05) is 45.1 Å². The van der Waals surface area contributed by atoms with E-state index in [0.717, 1.165) is 25.0 Å². The number of rotatable bonds is 5. The van der Waals surface area contributed by atoms with Crippen molar-refractivity contribution < 1.29 is 4.74 Å². The Hall–Kier alpha value is 0.230. The third kappa shape index (κ3) is 4.12. The van der Waals surface area contributed by atoms with Crippen LogP contribution in [0.15, 0.2) is 0 Å². The number of hydrogen-bond donors (Lipinski definition) is 1. The number of hydrogen-bond acceptors (Lipinski definition) is 4. The molecule has 2 heterocycles. The summed E-state index contributed by atoms with van der Waals surface area (Å²) in [4.78, 5) is 2.66. The summed E-state index contributed by atoms with van der Waals surface area (Å²) < 4.78 is 5.68. The first-order valence-corrected chi connectivity index (χ1v) is 8.53. The standard InChI is InChI=1S/C14H28N2OS/c1-3-13-10-16(6-8-18-13)9-12-11-17-7-5-14(12)15-4-2/h12-15H,3-11H2,1-2H3. The van der Waals surface area contributed by atoms with E-state index >= 15 is 0 Å². The Morgan fingerprint density at radius 3 is 3.06 bits per heavy atom. The average Bonchev–Trinajstić information content (AvgIpc) is 2.41. The lowest BCUT2D eigenvalue weighted by Crippen LogP contribution is -2.50. The zero-order valence-corrected chi connectivity index (χ0v) is 12.7. The van der Waals surface area contributed by atoms with Crippen LogP contribution in [0.1, 0.15) is 26.7 Å². The van der Waals surface area contributed by atoms with Gasteiger partial charge in [0.25, 0.3) is 0 Å². The molecule has 3 unspecified atom stereocenters. The maximum absolute atomic E-state index is 5.68. The van der Waals surface area contributed by atoms with Crippen molar-refractivity contribution >= 4 is 11.8 Å². The first-order valence-electron chi connectivity index (χ1n) is 7.48. The Morgan fingerprint density at radius 2 is 2.28 bits per heavy atom. The predicted octanol–water partition coefficient (Wildman–Crippen LogP) is 1.83. The molecule has 0 radical (unpaired) electrons. The van der Waals surface area contributed by atoms with Gasteiger partial charge in [0.05, 0.1) is 6.61 Å². The molecule has 2 fully saturated rings. The number of thioether (sulfide) groups is 1. The zero-order valence-electron chi connectivity index (χ0n) is 11.9. The summed E-state index contributed by atoms with van der Waals surface area (Å²) in [5.74, 6) is 1.98. The molecule has 2 rings (SSSR count). The van der Waals surface area contributed by atoms with E-state index in [9.17, 15) is 0 Å². The van der Waals surface area contributed by atoms with Crippen LogP contribution in [0.3, 0.4) is 0 Å². The predicted molar refractivity (Wildman–Crippen MR) is 79.4 cm³/mol. The van der Waals surface area contributed by atoms with Gasteiger partial charge in [0.15, 0.2) is 0 Å². The summed E-state index contributed by atoms with van der Waals surface area (Å²) in [7, 11) is 0. The summed E-state index contributed by atoms with van der Waals surface area (Å²) >= 11 is 2.15. The number of nitrogens with one attached hydrogen (secondary N) is 1. The quantitative estimate of drug-likeness (QED) is 0.825. The minimum absolute atomic E-state index is 0.665. The molecule has 0 saturated carbocycles. The molecule has 0 spiro atoms. The fraction of sp³-hybridized carbons (Fsp3) is 1.00. The minimum Gasteiger partial charge on any atom is -0.381 e. The molecule has 3 nitrogen and oxygen atoms in total. The van der Waals surface area contributed by atoms with Crippen molar-refractivity contribution in [2.45, 2.75) is 38.0 Å². The lowest BCUT2D eigenvalue weighted by molar-refractivity contribution is 0.0174. The monoisotopic (exact) mass is 272 g/mol. The van der Waals surface area contributed by atoms with Crippen LogP contribution >= 0.6 is 11.8 Å². The Morgan fingerprint density at radius 1 is 1.39 bits per heavy atom. The Bertz CT molecular complexity index is 238. The summed E-state index contributed by atoms with van der Waals surface area (Å²) in [6, 6.07) is 0.665. The van der Waals surface area contributed by atoms with Gasteiger partial charge in [0.2, 0.25) is 0 Å². The first-order chi connectivity index (χ1) is 8.83. The lowest BCUT2D eigenvalue weighted by Gasteiger charge is -2.38. The highest BCUT2D eigenvalue weighted by atomic mass is 32.2. The fourth-order valence-electron chi connectivity index (χ4n) is 3.03. The Balaban J connectivity index is 1.82. The third-order valence-electron chi connectivity index (χ3n) is 4.11. The van der Waals surface area contributed by atoms with E-state index < -0.39 is 0 Å². The van der Waals surface area contributed by atoms with Crippen molar-refractivity contribution in [3.05, 3.63) is 0 Å². The maximum Gasteiger partial charge on any atom is 0.0521 e. The summed E-state index contributed by atoms with van der Waals surface area (Å²) in [6.45, 7) is 11.2. The van der Waals surface area contributed by atoms with Gasteiger partial charge >= 0.3 is 0 Å². The van der Waals surface area contributed by atoms with Gasteiger partial charge in [-0.05, 0) is 19.4 Å². The Kier molecular flexibility index (Phi) is 6.29. The number of nitrogens with zero attached hydrogens (tertiary/aromatic N) is 1. The summed E-state index contributed by atoms with van der Waals surface area (Å²) in [5, 5.41) is 4.49. The molecule has 1 N–H and O–H groups in total. The van der Waals surface area contributed by atoms with Crippen molar-refractivity contribution in [1.29, 1.82) is 0 Å². The van der Waals surface area contributed by atoms with E-state index in [1.165, 1.54) is 38.2 Å². The highest BCUT2D eigenvalue weighted by Crippen LogP contribution is 2.23. The van der Waals surface area contributed by atoms with Gasteiger partial charge in [-0.1, -0.05) is 13.8 Å². The van der Waals surface area contributed by atoms with Crippen molar-refractivity contribution in [1.82, 2.24) is 10.2 Å². The van der Waals surface area contributed by atoms with Crippen LogP contribution in [0, 0.1) is 5.92 Å². The highest BCUT2D eigenvalue weighted by molar-refractivity contribution is 8.00. The van der Waals surface area contributed by atoms with Crippen molar-refractivity contribution in [3.8, 4) is 0 Å². The third-order valence-corrected chi connectivity index (χ3v) is 5.48. The first kappa shape index (κ1) is 14.6. The minimum atomic E-state index is 0.665. The van der Waals surface area contributed by atoms with Crippen LogP contribution in [0.4, 0.5) is 0 Å². The molecule has 0 bridgehead atoms. The van der Waals surface area contributed by atoms with E-state index in [1.807, 2.05) is 0 Å². The molecule has 18 heavy (non-hydrogen) atoms. The highest BCUT2D eigenvalue weighted by Gasteiger charge is 2.28. The van der Waals surface area contributed by atoms with Crippen molar-refractivity contribution in [2.24, 2.45) is 5.92 Å². The molecule has 2 aliphatic rings. The van der Waals surface area contributed by atoms with E-state index in [-0.39, 0.29) is 0 Å². The zero-order chi connectivity index (χ0) is 12.8. The van der Waals surface area contributed by atoms with Crippen LogP contribution in [-0.2, 0) is 4.74 Å². The molecule has 0 aromatic heterocycles. The second-order valence-electron chi connectivity index (χ2n) is 5.45. The van der Waals surface area contributed by atoms with E-state index in [0.29, 0.717) is 12.0 Å². The normalized spacial score (nSPS) is 34.7. The molecule has 4 heteroatoms. The number of ether oxygens (including phenoxy) is 1. The molecule has 0 aromatic carbocycles. The lowest BCUT2D eigenvalue weighted by atomic mass is 9.95. The van der Waals surface area contributed by atoms with Gasteiger partial charge in [-0.25, -0.2) is 0 Å². The van der Waals surface area contributed by atoms with Gasteiger partial charge in [-0.15, -0.1) is 0 Å². The summed E-state index contributed by atoms with van der Waals surface area (Å²) in [5.41, 5.74) is 0. The second kappa shape index (κ2) is 7.73. The van der Waals surface area contributed by atoms with E-state index in [1.54, 1.807) is 0 Å².